The maximum Gasteiger partial charge on any atom is 0.0662 e. The molecule has 1 aliphatic heterocycles. The van der Waals surface area contributed by atoms with Gasteiger partial charge in [0, 0.05) is 0 Å². The molecule has 0 spiro atoms. The highest BCUT2D eigenvalue weighted by Crippen LogP contribution is 2.35. The molecule has 0 amide bonds. The van der Waals surface area contributed by atoms with Crippen LogP contribution >= 0.6 is 0 Å². The van der Waals surface area contributed by atoms with E-state index in [-0.39, 0.29) is 0 Å². The van der Waals surface area contributed by atoms with E-state index < -0.39 is 0 Å². The van der Waals surface area contributed by atoms with E-state index in [4.69, 9.17) is 0 Å². The van der Waals surface area contributed by atoms with Gasteiger partial charge in [-0.15, -0.1) is 0 Å². The van der Waals surface area contributed by atoms with Crippen LogP contribution in [-0.2, 0) is 0 Å². The molecule has 1 heterocycles. The van der Waals surface area contributed by atoms with Crippen LogP contribution in [0.15, 0.2) is 0 Å². The van der Waals surface area contributed by atoms with E-state index in [1.165, 1.54) is 44.9 Å². The number of hydrogen-bond acceptors (Lipinski definition) is 2. The highest BCUT2D eigenvalue weighted by Gasteiger charge is 2.31. The summed E-state index contributed by atoms with van der Waals surface area (Å²) in [4.78, 5) is 0. The first kappa shape index (κ1) is 11.0. The molecule has 0 radical (unpaired) electrons. The summed E-state index contributed by atoms with van der Waals surface area (Å²) in [5, 5.41) is 12.8. The Bertz CT molecular complexity index is 201. The molecule has 2 atom stereocenters. The molecule has 1 saturated heterocycles. The topological polar surface area (TPSA) is 35.8 Å². The van der Waals surface area contributed by atoms with Crippen molar-refractivity contribution in [2.75, 3.05) is 13.1 Å². The number of nitriles is 1. The summed E-state index contributed by atoms with van der Waals surface area (Å²) in [6.07, 6.45) is 9.21. The Labute approximate surface area is 93.0 Å². The second-order valence-corrected chi connectivity index (χ2v) is 5.16. The lowest BCUT2D eigenvalue weighted by Gasteiger charge is -2.33. The highest BCUT2D eigenvalue weighted by atomic mass is 14.9. The van der Waals surface area contributed by atoms with Gasteiger partial charge in [-0.3, -0.25) is 0 Å². The fourth-order valence-electron chi connectivity index (χ4n) is 3.27. The van der Waals surface area contributed by atoms with Crippen molar-refractivity contribution in [3.05, 3.63) is 0 Å². The van der Waals surface area contributed by atoms with E-state index in [1.54, 1.807) is 0 Å². The van der Waals surface area contributed by atoms with Crippen LogP contribution in [0.1, 0.15) is 44.9 Å². The van der Waals surface area contributed by atoms with Crippen LogP contribution in [0.5, 0.6) is 0 Å². The SMILES string of the molecule is N#CC(C1CCCCC1)C1CCCNC1. The molecule has 1 saturated carbocycles. The molecule has 0 aromatic rings. The van der Waals surface area contributed by atoms with Gasteiger partial charge in [-0.1, -0.05) is 19.3 Å². The Morgan fingerprint density at radius 2 is 1.73 bits per heavy atom. The summed E-state index contributed by atoms with van der Waals surface area (Å²) in [5.74, 6) is 1.67. The maximum absolute atomic E-state index is 9.35. The summed E-state index contributed by atoms with van der Waals surface area (Å²) in [6, 6.07) is 2.60. The van der Waals surface area contributed by atoms with Gasteiger partial charge < -0.3 is 5.32 Å². The first-order chi connectivity index (χ1) is 7.42. The second-order valence-electron chi connectivity index (χ2n) is 5.16. The van der Waals surface area contributed by atoms with Gasteiger partial charge in [-0.2, -0.15) is 5.26 Å². The van der Waals surface area contributed by atoms with Crippen LogP contribution in [0.4, 0.5) is 0 Å². The zero-order valence-electron chi connectivity index (χ0n) is 9.54. The molecular formula is C13H22N2. The lowest BCUT2D eigenvalue weighted by molar-refractivity contribution is 0.196. The number of nitrogens with one attached hydrogen (secondary N) is 1. The van der Waals surface area contributed by atoms with Gasteiger partial charge >= 0.3 is 0 Å². The smallest absolute Gasteiger partial charge is 0.0662 e. The third-order valence-corrected chi connectivity index (χ3v) is 4.15. The quantitative estimate of drug-likeness (QED) is 0.754. The van der Waals surface area contributed by atoms with Crippen LogP contribution in [0.3, 0.4) is 0 Å². The van der Waals surface area contributed by atoms with Crippen molar-refractivity contribution in [1.82, 2.24) is 5.32 Å². The second kappa shape index (κ2) is 5.51. The third-order valence-electron chi connectivity index (χ3n) is 4.15. The van der Waals surface area contributed by atoms with Crippen LogP contribution in [0.2, 0.25) is 0 Å². The molecule has 0 aromatic carbocycles. The number of rotatable bonds is 2. The lowest BCUT2D eigenvalue weighted by atomic mass is 9.73. The minimum atomic E-state index is 0.332. The van der Waals surface area contributed by atoms with Crippen molar-refractivity contribution in [1.29, 1.82) is 5.26 Å². The average Bonchev–Trinajstić information content (AvgIpc) is 2.33. The molecule has 0 bridgehead atoms. The molecule has 2 rings (SSSR count). The first-order valence-electron chi connectivity index (χ1n) is 6.52. The zero-order chi connectivity index (χ0) is 10.5. The lowest BCUT2D eigenvalue weighted by Crippen LogP contribution is -2.36. The monoisotopic (exact) mass is 206 g/mol. The predicted octanol–water partition coefficient (Wildman–Crippen LogP) is 2.71. The normalized spacial score (nSPS) is 30.7. The molecule has 2 fully saturated rings. The largest absolute Gasteiger partial charge is 0.316 e. The van der Waals surface area contributed by atoms with E-state index in [1.807, 2.05) is 0 Å². The number of piperidine rings is 1. The average molecular weight is 206 g/mol. The van der Waals surface area contributed by atoms with Crippen molar-refractivity contribution in [2.24, 2.45) is 17.8 Å². The first-order valence-corrected chi connectivity index (χ1v) is 6.52. The highest BCUT2D eigenvalue weighted by molar-refractivity contribution is 4.95. The molecule has 15 heavy (non-hydrogen) atoms. The molecule has 0 aromatic heterocycles. The minimum Gasteiger partial charge on any atom is -0.316 e. The van der Waals surface area contributed by atoms with Gasteiger partial charge in [0.1, 0.15) is 0 Å². The van der Waals surface area contributed by atoms with Gasteiger partial charge in [0.15, 0.2) is 0 Å². The van der Waals surface area contributed by atoms with Crippen molar-refractivity contribution in [3.63, 3.8) is 0 Å². The summed E-state index contributed by atoms with van der Waals surface area (Å²) in [6.45, 7) is 2.23. The maximum atomic E-state index is 9.35. The Hall–Kier alpha value is -0.550. The summed E-state index contributed by atoms with van der Waals surface area (Å²) in [7, 11) is 0. The summed E-state index contributed by atoms with van der Waals surface area (Å²) >= 11 is 0. The van der Waals surface area contributed by atoms with Gasteiger partial charge in [0.2, 0.25) is 0 Å². The van der Waals surface area contributed by atoms with Gasteiger partial charge in [0.25, 0.3) is 0 Å². The van der Waals surface area contributed by atoms with E-state index in [9.17, 15) is 5.26 Å². The van der Waals surface area contributed by atoms with Gasteiger partial charge in [-0.25, -0.2) is 0 Å². The van der Waals surface area contributed by atoms with Crippen LogP contribution in [0.25, 0.3) is 0 Å². The Morgan fingerprint density at radius 3 is 2.33 bits per heavy atom. The van der Waals surface area contributed by atoms with Crippen LogP contribution in [0, 0.1) is 29.1 Å². The van der Waals surface area contributed by atoms with Gasteiger partial charge in [0.05, 0.1) is 12.0 Å². The molecule has 2 heteroatoms. The Morgan fingerprint density at radius 1 is 1.00 bits per heavy atom. The molecular weight excluding hydrogens is 184 g/mol. The summed E-state index contributed by atoms with van der Waals surface area (Å²) in [5.41, 5.74) is 0. The van der Waals surface area contributed by atoms with Crippen molar-refractivity contribution in [2.45, 2.75) is 44.9 Å². The minimum absolute atomic E-state index is 0.332. The molecule has 1 N–H and O–H groups in total. The molecule has 1 aliphatic carbocycles. The Balaban J connectivity index is 1.92. The van der Waals surface area contributed by atoms with E-state index in [0.29, 0.717) is 17.8 Å². The standard InChI is InChI=1S/C13H22N2/c14-9-13(11-5-2-1-3-6-11)12-7-4-8-15-10-12/h11-13,15H,1-8,10H2. The molecule has 2 nitrogen and oxygen atoms in total. The Kier molecular flexibility index (Phi) is 4.02. The fourth-order valence-corrected chi connectivity index (χ4v) is 3.27. The van der Waals surface area contributed by atoms with Gasteiger partial charge in [-0.05, 0) is 50.6 Å². The predicted molar refractivity (Wildman–Crippen MR) is 61.3 cm³/mol. The molecule has 84 valence electrons. The van der Waals surface area contributed by atoms with Crippen LogP contribution < -0.4 is 5.32 Å². The number of nitrogens with zero attached hydrogens (tertiary/aromatic N) is 1. The summed E-state index contributed by atoms with van der Waals surface area (Å²) < 4.78 is 0. The van der Waals surface area contributed by atoms with E-state index >= 15 is 0 Å². The van der Waals surface area contributed by atoms with E-state index in [0.717, 1.165) is 13.1 Å². The van der Waals surface area contributed by atoms with Crippen molar-refractivity contribution < 1.29 is 0 Å². The molecule has 2 aliphatic rings. The number of hydrogen-bond donors (Lipinski definition) is 1. The third kappa shape index (κ3) is 2.72. The molecule has 2 unspecified atom stereocenters. The fraction of sp³-hybridized carbons (Fsp3) is 0.923. The zero-order valence-corrected chi connectivity index (χ0v) is 9.54. The van der Waals surface area contributed by atoms with Crippen LogP contribution in [-0.4, -0.2) is 13.1 Å². The van der Waals surface area contributed by atoms with Crippen molar-refractivity contribution in [3.8, 4) is 6.07 Å². The van der Waals surface area contributed by atoms with Crippen molar-refractivity contribution >= 4 is 0 Å². The van der Waals surface area contributed by atoms with E-state index in [2.05, 4.69) is 11.4 Å².